The number of halogens is 2. The first-order valence-corrected chi connectivity index (χ1v) is 11.3. The van der Waals surface area contributed by atoms with E-state index in [1.807, 2.05) is 0 Å². The first kappa shape index (κ1) is 21.6. The van der Waals surface area contributed by atoms with Gasteiger partial charge in [-0.25, -0.2) is 18.1 Å². The second-order valence-corrected chi connectivity index (χ2v) is 9.39. The van der Waals surface area contributed by atoms with Crippen molar-refractivity contribution in [3.63, 3.8) is 0 Å². The number of rotatable bonds is 5. The van der Waals surface area contributed by atoms with Crippen LogP contribution in [0.5, 0.6) is 0 Å². The number of nitrogens with zero attached hydrogens (tertiary/aromatic N) is 3. The Bertz CT molecular complexity index is 1010. The SMILES string of the molecule is CS(=O)(=O)N1CCC(NC(=O)c2ccn(NC(=O)c3c(Cl)cccc3Cl)n2)CC1. The van der Waals surface area contributed by atoms with Crippen molar-refractivity contribution < 1.29 is 18.0 Å². The van der Waals surface area contributed by atoms with Gasteiger partial charge in [0.1, 0.15) is 0 Å². The third kappa shape index (κ3) is 5.27. The number of nitrogens with one attached hydrogen (secondary N) is 2. The first-order valence-electron chi connectivity index (χ1n) is 8.72. The predicted molar refractivity (Wildman–Crippen MR) is 109 cm³/mol. The van der Waals surface area contributed by atoms with E-state index in [1.54, 1.807) is 18.2 Å². The van der Waals surface area contributed by atoms with Crippen LogP contribution in [-0.2, 0) is 10.0 Å². The molecule has 0 spiro atoms. The zero-order valence-electron chi connectivity index (χ0n) is 15.4. The van der Waals surface area contributed by atoms with E-state index in [9.17, 15) is 18.0 Å². The highest BCUT2D eigenvalue weighted by Crippen LogP contribution is 2.24. The van der Waals surface area contributed by atoms with Crippen LogP contribution < -0.4 is 10.7 Å². The van der Waals surface area contributed by atoms with Crippen LogP contribution in [0.1, 0.15) is 33.7 Å². The molecule has 0 aliphatic carbocycles. The van der Waals surface area contributed by atoms with Crippen LogP contribution in [0.25, 0.3) is 0 Å². The molecule has 1 aromatic carbocycles. The van der Waals surface area contributed by atoms with E-state index in [0.717, 1.165) is 4.79 Å². The van der Waals surface area contributed by atoms with E-state index < -0.39 is 21.8 Å². The molecule has 3 rings (SSSR count). The van der Waals surface area contributed by atoms with Gasteiger partial charge in [-0.3, -0.25) is 9.59 Å². The Labute approximate surface area is 178 Å². The van der Waals surface area contributed by atoms with Crippen LogP contribution in [0.4, 0.5) is 0 Å². The summed E-state index contributed by atoms with van der Waals surface area (Å²) in [6.45, 7) is 0.708. The Morgan fingerprint density at radius 1 is 1.10 bits per heavy atom. The number of hydrogen-bond donors (Lipinski definition) is 2. The lowest BCUT2D eigenvalue weighted by Gasteiger charge is -2.30. The van der Waals surface area contributed by atoms with Gasteiger partial charge in [0.25, 0.3) is 11.8 Å². The van der Waals surface area contributed by atoms with Gasteiger partial charge < -0.3 is 5.32 Å². The summed E-state index contributed by atoms with van der Waals surface area (Å²) in [7, 11) is -3.22. The Balaban J connectivity index is 1.59. The van der Waals surface area contributed by atoms with E-state index >= 15 is 0 Å². The quantitative estimate of drug-likeness (QED) is 0.706. The maximum atomic E-state index is 12.4. The van der Waals surface area contributed by atoms with Crippen molar-refractivity contribution >= 4 is 45.0 Å². The molecular formula is C17H19Cl2N5O4S. The predicted octanol–water partition coefficient (Wildman–Crippen LogP) is 1.73. The summed E-state index contributed by atoms with van der Waals surface area (Å²) in [6, 6.07) is 6.01. The topological polar surface area (TPSA) is 113 Å². The van der Waals surface area contributed by atoms with Crippen LogP contribution in [0.3, 0.4) is 0 Å². The molecule has 0 saturated carbocycles. The van der Waals surface area contributed by atoms with Crippen molar-refractivity contribution in [1.29, 1.82) is 0 Å². The molecule has 2 aromatic rings. The second kappa shape index (κ2) is 8.70. The van der Waals surface area contributed by atoms with E-state index in [4.69, 9.17) is 23.2 Å². The molecule has 2 N–H and O–H groups in total. The minimum Gasteiger partial charge on any atom is -0.348 e. The molecule has 12 heteroatoms. The maximum Gasteiger partial charge on any atom is 0.274 e. The second-order valence-electron chi connectivity index (χ2n) is 6.59. The van der Waals surface area contributed by atoms with Crippen molar-refractivity contribution in [2.45, 2.75) is 18.9 Å². The van der Waals surface area contributed by atoms with E-state index in [1.165, 1.54) is 22.8 Å². The van der Waals surface area contributed by atoms with Gasteiger partial charge in [-0.15, -0.1) is 5.10 Å². The summed E-state index contributed by atoms with van der Waals surface area (Å²) in [4.78, 5) is 25.9. The van der Waals surface area contributed by atoms with Gasteiger partial charge in [0, 0.05) is 25.3 Å². The summed E-state index contributed by atoms with van der Waals surface area (Å²) < 4.78 is 24.5. The number of sulfonamides is 1. The van der Waals surface area contributed by atoms with Crippen LogP contribution in [0.2, 0.25) is 10.0 Å². The van der Waals surface area contributed by atoms with Crippen molar-refractivity contribution in [3.8, 4) is 0 Å². The molecule has 1 aromatic heterocycles. The highest BCUT2D eigenvalue weighted by molar-refractivity contribution is 7.88. The lowest BCUT2D eigenvalue weighted by molar-refractivity contribution is 0.0915. The highest BCUT2D eigenvalue weighted by atomic mass is 35.5. The average Bonchev–Trinajstić information content (AvgIpc) is 3.10. The van der Waals surface area contributed by atoms with Crippen LogP contribution in [0.15, 0.2) is 30.5 Å². The molecule has 1 saturated heterocycles. The van der Waals surface area contributed by atoms with E-state index in [0.29, 0.717) is 25.9 Å². The minimum atomic E-state index is -3.22. The summed E-state index contributed by atoms with van der Waals surface area (Å²) in [5.41, 5.74) is 2.70. The smallest absolute Gasteiger partial charge is 0.274 e. The summed E-state index contributed by atoms with van der Waals surface area (Å²) in [5, 5.41) is 7.26. The van der Waals surface area contributed by atoms with Gasteiger partial charge in [-0.05, 0) is 31.0 Å². The van der Waals surface area contributed by atoms with Crippen molar-refractivity contribution in [2.24, 2.45) is 0 Å². The number of benzene rings is 1. The van der Waals surface area contributed by atoms with Crippen LogP contribution in [0, 0.1) is 0 Å². The zero-order valence-corrected chi connectivity index (χ0v) is 17.8. The summed E-state index contributed by atoms with van der Waals surface area (Å²) in [6.07, 6.45) is 3.62. The maximum absolute atomic E-state index is 12.4. The van der Waals surface area contributed by atoms with Crippen LogP contribution >= 0.6 is 23.2 Å². The van der Waals surface area contributed by atoms with Gasteiger partial charge in [0.15, 0.2) is 5.69 Å². The van der Waals surface area contributed by atoms with Crippen molar-refractivity contribution in [1.82, 2.24) is 19.5 Å². The molecule has 2 heterocycles. The van der Waals surface area contributed by atoms with E-state index in [2.05, 4.69) is 15.8 Å². The lowest BCUT2D eigenvalue weighted by Crippen LogP contribution is -2.46. The number of hydrogen-bond acceptors (Lipinski definition) is 5. The number of piperidine rings is 1. The lowest BCUT2D eigenvalue weighted by atomic mass is 10.1. The van der Waals surface area contributed by atoms with Gasteiger partial charge in [-0.1, -0.05) is 29.3 Å². The molecular weight excluding hydrogens is 441 g/mol. The van der Waals surface area contributed by atoms with Gasteiger partial charge >= 0.3 is 0 Å². The average molecular weight is 460 g/mol. The Kier molecular flexibility index (Phi) is 6.47. The normalized spacial score (nSPS) is 15.8. The molecule has 9 nitrogen and oxygen atoms in total. The zero-order chi connectivity index (χ0) is 21.2. The monoisotopic (exact) mass is 459 g/mol. The van der Waals surface area contributed by atoms with Crippen LogP contribution in [-0.4, -0.2) is 59.8 Å². The fourth-order valence-corrected chi connectivity index (χ4v) is 4.42. The van der Waals surface area contributed by atoms with Gasteiger partial charge in [-0.2, -0.15) is 4.79 Å². The molecule has 29 heavy (non-hydrogen) atoms. The fraction of sp³-hybridized carbons (Fsp3) is 0.353. The van der Waals surface area contributed by atoms with E-state index in [-0.39, 0.29) is 27.3 Å². The molecule has 2 amide bonds. The molecule has 1 aliphatic rings. The number of amides is 2. The Hall–Kier alpha value is -2.14. The summed E-state index contributed by atoms with van der Waals surface area (Å²) in [5.74, 6) is -0.976. The highest BCUT2D eigenvalue weighted by Gasteiger charge is 2.26. The number of carbonyl (C=O) groups excluding carboxylic acids is 2. The Morgan fingerprint density at radius 3 is 2.31 bits per heavy atom. The van der Waals surface area contributed by atoms with Gasteiger partial charge in [0.2, 0.25) is 10.0 Å². The first-order chi connectivity index (χ1) is 13.6. The molecule has 0 atom stereocenters. The van der Waals surface area contributed by atoms with Crippen molar-refractivity contribution in [2.75, 3.05) is 24.8 Å². The third-order valence-corrected chi connectivity index (χ3v) is 6.42. The van der Waals surface area contributed by atoms with Gasteiger partial charge in [0.05, 0.1) is 21.9 Å². The summed E-state index contributed by atoms with van der Waals surface area (Å²) >= 11 is 12.0. The molecule has 0 radical (unpaired) electrons. The Morgan fingerprint density at radius 2 is 1.72 bits per heavy atom. The fourth-order valence-electron chi connectivity index (χ4n) is 2.97. The molecule has 0 bridgehead atoms. The third-order valence-electron chi connectivity index (χ3n) is 4.49. The molecule has 156 valence electrons. The standard InChI is InChI=1S/C17H19Cl2N5O4S/c1-29(27,28)23-8-5-11(6-9-23)20-16(25)14-7-10-24(21-14)22-17(26)15-12(18)3-2-4-13(15)19/h2-4,7,10-11H,5-6,8-9H2,1H3,(H,20,25)(H,22,26). The number of carbonyl (C=O) groups is 2. The largest absolute Gasteiger partial charge is 0.348 e. The van der Waals surface area contributed by atoms with Crippen molar-refractivity contribution in [3.05, 3.63) is 51.8 Å². The molecule has 1 aliphatic heterocycles. The number of aromatic nitrogens is 2. The minimum absolute atomic E-state index is 0.106. The molecule has 1 fully saturated rings. The molecule has 0 unspecified atom stereocenters.